The second-order valence-corrected chi connectivity index (χ2v) is 7.54. The topological polar surface area (TPSA) is 64.2 Å². The first-order chi connectivity index (χ1) is 13.7. The monoisotopic (exact) mass is 392 g/mol. The molecule has 28 heavy (non-hydrogen) atoms. The molecule has 0 saturated carbocycles. The van der Waals surface area contributed by atoms with Crippen molar-refractivity contribution in [2.24, 2.45) is 0 Å². The lowest BCUT2D eigenvalue weighted by Gasteiger charge is -2.15. The zero-order valence-corrected chi connectivity index (χ0v) is 16.1. The predicted octanol–water partition coefficient (Wildman–Crippen LogP) is 3.80. The molecule has 6 heteroatoms. The summed E-state index contributed by atoms with van der Waals surface area (Å²) in [5.41, 5.74) is 1.54. The lowest BCUT2D eigenvalue weighted by Crippen LogP contribution is -2.30. The molecule has 0 atom stereocenters. The van der Waals surface area contributed by atoms with Gasteiger partial charge in [0, 0.05) is 23.1 Å². The summed E-state index contributed by atoms with van der Waals surface area (Å²) in [4.78, 5) is 25.3. The van der Waals surface area contributed by atoms with Gasteiger partial charge in [0.25, 0.3) is 0 Å². The molecule has 1 N–H and O–H groups in total. The fourth-order valence-corrected chi connectivity index (χ4v) is 4.03. The van der Waals surface area contributed by atoms with Crippen LogP contribution >= 0.6 is 11.8 Å². The molecule has 142 valence electrons. The van der Waals surface area contributed by atoms with E-state index in [-0.39, 0.29) is 17.9 Å². The van der Waals surface area contributed by atoms with Gasteiger partial charge in [0.15, 0.2) is 5.43 Å². The third-order valence-corrected chi connectivity index (χ3v) is 5.56. The van der Waals surface area contributed by atoms with Crippen LogP contribution in [-0.4, -0.2) is 22.8 Å². The van der Waals surface area contributed by atoms with Gasteiger partial charge in [0.05, 0.1) is 23.0 Å². The zero-order valence-electron chi connectivity index (χ0n) is 15.3. The third kappa shape index (κ3) is 3.82. The number of rotatable bonds is 7. The number of para-hydroxylation sites is 2. The van der Waals surface area contributed by atoms with E-state index in [2.05, 4.69) is 5.32 Å². The Morgan fingerprint density at radius 1 is 0.964 bits per heavy atom. The average Bonchev–Trinajstić information content (AvgIpc) is 3.24. The van der Waals surface area contributed by atoms with Gasteiger partial charge in [-0.3, -0.25) is 9.59 Å². The van der Waals surface area contributed by atoms with Gasteiger partial charge in [-0.2, -0.15) is 11.8 Å². The van der Waals surface area contributed by atoms with Crippen molar-refractivity contribution in [2.45, 2.75) is 12.3 Å². The highest BCUT2D eigenvalue weighted by Gasteiger charge is 2.12. The van der Waals surface area contributed by atoms with Gasteiger partial charge in [0.1, 0.15) is 12.3 Å². The Hall–Kier alpha value is -2.99. The number of thioether (sulfide) groups is 1. The summed E-state index contributed by atoms with van der Waals surface area (Å²) < 4.78 is 7.21. The van der Waals surface area contributed by atoms with Crippen LogP contribution in [-0.2, 0) is 17.1 Å². The fraction of sp³-hybridized carbons (Fsp3) is 0.182. The van der Waals surface area contributed by atoms with Gasteiger partial charge in [-0.15, -0.1) is 0 Å². The molecule has 0 aliphatic heterocycles. The van der Waals surface area contributed by atoms with Crippen LogP contribution in [0.5, 0.6) is 0 Å². The van der Waals surface area contributed by atoms with Gasteiger partial charge in [0.2, 0.25) is 5.91 Å². The van der Waals surface area contributed by atoms with E-state index in [1.807, 2.05) is 65.2 Å². The average molecular weight is 392 g/mol. The number of hydrogen-bond acceptors (Lipinski definition) is 4. The van der Waals surface area contributed by atoms with Crippen LogP contribution in [0.15, 0.2) is 76.1 Å². The summed E-state index contributed by atoms with van der Waals surface area (Å²) in [6, 6.07) is 18.7. The molecule has 0 radical (unpaired) electrons. The molecule has 0 aliphatic rings. The lowest BCUT2D eigenvalue weighted by atomic mass is 10.1. The minimum absolute atomic E-state index is 0.00261. The highest BCUT2D eigenvalue weighted by molar-refractivity contribution is 7.98. The number of aromatic nitrogens is 1. The number of carbonyl (C=O) groups is 1. The summed E-state index contributed by atoms with van der Waals surface area (Å²) >= 11 is 1.71. The molecule has 0 spiro atoms. The molecule has 0 bridgehead atoms. The zero-order chi connectivity index (χ0) is 19.3. The Bertz CT molecular complexity index is 1110. The van der Waals surface area contributed by atoms with Crippen LogP contribution in [0.2, 0.25) is 0 Å². The molecular formula is C22H20N2O3S. The normalized spacial score (nSPS) is 11.1. The van der Waals surface area contributed by atoms with Crippen molar-refractivity contribution in [1.29, 1.82) is 0 Å². The van der Waals surface area contributed by atoms with Gasteiger partial charge in [-0.1, -0.05) is 24.3 Å². The molecule has 0 unspecified atom stereocenters. The summed E-state index contributed by atoms with van der Waals surface area (Å²) in [6.07, 6.45) is 1.66. The maximum atomic E-state index is 12.7. The van der Waals surface area contributed by atoms with Gasteiger partial charge >= 0.3 is 0 Å². The van der Waals surface area contributed by atoms with Gasteiger partial charge in [-0.05, 0) is 36.4 Å². The molecule has 1 amide bonds. The largest absolute Gasteiger partial charge is 0.468 e. The Morgan fingerprint density at radius 2 is 1.64 bits per heavy atom. The second kappa shape index (κ2) is 8.35. The number of pyridine rings is 1. The molecule has 5 nitrogen and oxygen atoms in total. The van der Waals surface area contributed by atoms with Crippen molar-refractivity contribution < 1.29 is 9.21 Å². The van der Waals surface area contributed by atoms with E-state index in [0.717, 1.165) is 28.3 Å². The Kier molecular flexibility index (Phi) is 5.48. The number of hydrogen-bond donors (Lipinski definition) is 1. The van der Waals surface area contributed by atoms with E-state index in [9.17, 15) is 9.59 Å². The van der Waals surface area contributed by atoms with E-state index in [0.29, 0.717) is 17.3 Å². The molecule has 0 saturated heterocycles. The number of nitrogens with zero attached hydrogens (tertiary/aromatic N) is 1. The fourth-order valence-electron chi connectivity index (χ4n) is 3.28. The van der Waals surface area contributed by atoms with Crippen molar-refractivity contribution in [3.05, 3.63) is 82.9 Å². The molecule has 4 aromatic rings. The third-order valence-electron chi connectivity index (χ3n) is 4.57. The maximum Gasteiger partial charge on any atom is 0.239 e. The van der Waals surface area contributed by atoms with E-state index < -0.39 is 0 Å². The van der Waals surface area contributed by atoms with Crippen LogP contribution in [0.1, 0.15) is 5.76 Å². The van der Waals surface area contributed by atoms with Crippen molar-refractivity contribution in [3.8, 4) is 0 Å². The molecule has 2 aromatic carbocycles. The van der Waals surface area contributed by atoms with Crippen LogP contribution in [0.4, 0.5) is 0 Å². The van der Waals surface area contributed by atoms with Gasteiger partial charge < -0.3 is 14.3 Å². The van der Waals surface area contributed by atoms with Crippen LogP contribution in [0.25, 0.3) is 21.8 Å². The Morgan fingerprint density at radius 3 is 2.29 bits per heavy atom. The van der Waals surface area contributed by atoms with Crippen LogP contribution < -0.4 is 10.7 Å². The van der Waals surface area contributed by atoms with Crippen molar-refractivity contribution in [3.63, 3.8) is 0 Å². The Labute approximate surface area is 166 Å². The van der Waals surface area contributed by atoms with Crippen molar-refractivity contribution >= 4 is 39.5 Å². The molecule has 0 fully saturated rings. The van der Waals surface area contributed by atoms with Gasteiger partial charge in [-0.25, -0.2) is 0 Å². The first kappa shape index (κ1) is 18.4. The number of furan rings is 1. The molecule has 2 heterocycles. The maximum absolute atomic E-state index is 12.7. The van der Waals surface area contributed by atoms with E-state index >= 15 is 0 Å². The highest BCUT2D eigenvalue weighted by atomic mass is 32.2. The minimum atomic E-state index is -0.0717. The van der Waals surface area contributed by atoms with Crippen LogP contribution in [0.3, 0.4) is 0 Å². The van der Waals surface area contributed by atoms with E-state index in [4.69, 9.17) is 4.42 Å². The molecular weight excluding hydrogens is 372 g/mol. The number of fused-ring (bicyclic) bond motifs is 2. The molecule has 0 aliphatic carbocycles. The summed E-state index contributed by atoms with van der Waals surface area (Å²) in [5, 5.41) is 4.22. The minimum Gasteiger partial charge on any atom is -0.468 e. The highest BCUT2D eigenvalue weighted by Crippen LogP contribution is 2.19. The quantitative estimate of drug-likeness (QED) is 0.384. The summed E-state index contributed by atoms with van der Waals surface area (Å²) in [5.74, 6) is 2.45. The molecule has 2 aromatic heterocycles. The summed E-state index contributed by atoms with van der Waals surface area (Å²) in [6.45, 7) is 0.754. The van der Waals surface area contributed by atoms with Crippen LogP contribution in [0, 0.1) is 0 Å². The predicted molar refractivity (Wildman–Crippen MR) is 114 cm³/mol. The number of carbonyl (C=O) groups excluding carboxylic acids is 1. The SMILES string of the molecule is O=C(Cn1c2ccccc2c(=O)c2ccccc21)NCCSCc1ccco1. The number of amides is 1. The Balaban J connectivity index is 1.48. The first-order valence-corrected chi connectivity index (χ1v) is 10.3. The molecule has 4 rings (SSSR count). The van der Waals surface area contributed by atoms with Crippen molar-refractivity contribution in [2.75, 3.05) is 12.3 Å². The first-order valence-electron chi connectivity index (χ1n) is 9.11. The smallest absolute Gasteiger partial charge is 0.239 e. The van der Waals surface area contributed by atoms with E-state index in [1.54, 1.807) is 18.0 Å². The summed E-state index contributed by atoms with van der Waals surface area (Å²) in [7, 11) is 0. The standard InChI is InChI=1S/C22H20N2O3S/c25-21(23-11-13-28-15-16-6-5-12-27-16)14-24-19-9-3-1-7-17(19)22(26)18-8-2-4-10-20(18)24/h1-10,12H,11,13-15H2,(H,23,25). The number of benzene rings is 2. The van der Waals surface area contributed by atoms with E-state index in [1.165, 1.54) is 0 Å². The lowest BCUT2D eigenvalue weighted by molar-refractivity contribution is -0.121. The van der Waals surface area contributed by atoms with Crippen molar-refractivity contribution in [1.82, 2.24) is 9.88 Å². The number of nitrogens with one attached hydrogen (secondary N) is 1. The second-order valence-electron chi connectivity index (χ2n) is 6.43.